The molecule has 0 bridgehead atoms. The zero-order chi connectivity index (χ0) is 6.48. The Morgan fingerprint density at radius 1 is 1.78 bits per heavy atom. The van der Waals surface area contributed by atoms with Crippen molar-refractivity contribution in [1.82, 2.24) is 0 Å². The highest BCUT2D eigenvalue weighted by molar-refractivity contribution is 9.09. The molecule has 1 heterocycles. The normalized spacial score (nSPS) is 55.3. The van der Waals surface area contributed by atoms with Crippen molar-refractivity contribution in [3.63, 3.8) is 0 Å². The van der Waals surface area contributed by atoms with E-state index >= 15 is 0 Å². The van der Waals surface area contributed by atoms with Gasteiger partial charge in [0.05, 0.1) is 11.7 Å². The number of halogens is 1. The Morgan fingerprint density at radius 3 is 2.89 bits per heavy atom. The van der Waals surface area contributed by atoms with Crippen molar-refractivity contribution in [1.29, 1.82) is 0 Å². The highest BCUT2D eigenvalue weighted by Gasteiger charge is 2.58. The van der Waals surface area contributed by atoms with E-state index in [1.165, 1.54) is 12.8 Å². The lowest BCUT2D eigenvalue weighted by atomic mass is 10.1. The van der Waals surface area contributed by atoms with E-state index in [9.17, 15) is 0 Å². The van der Waals surface area contributed by atoms with Crippen LogP contribution >= 0.6 is 15.9 Å². The monoisotopic (exact) mass is 190 g/mol. The molecule has 0 aromatic carbocycles. The molecule has 2 heteroatoms. The molecule has 2 aliphatic rings. The second-order valence-corrected chi connectivity index (χ2v) is 4.03. The Labute approximate surface area is 63.9 Å². The fraction of sp³-hybridized carbons (Fsp3) is 1.00. The van der Waals surface area contributed by atoms with Crippen molar-refractivity contribution < 1.29 is 4.74 Å². The summed E-state index contributed by atoms with van der Waals surface area (Å²) in [4.78, 5) is 0. The molecule has 1 nitrogen and oxygen atoms in total. The molecule has 1 aliphatic carbocycles. The molecule has 1 saturated heterocycles. The highest BCUT2D eigenvalue weighted by atomic mass is 79.9. The Balaban J connectivity index is 1.98. The third kappa shape index (κ3) is 0.838. The number of hydrogen-bond donors (Lipinski definition) is 0. The van der Waals surface area contributed by atoms with Crippen molar-refractivity contribution in [3.8, 4) is 0 Å². The van der Waals surface area contributed by atoms with E-state index in [-0.39, 0.29) is 0 Å². The van der Waals surface area contributed by atoms with Crippen LogP contribution in [0.3, 0.4) is 0 Å². The molecule has 0 spiro atoms. The largest absolute Gasteiger partial charge is 0.366 e. The van der Waals surface area contributed by atoms with Gasteiger partial charge in [-0.2, -0.15) is 0 Å². The van der Waals surface area contributed by atoms with Crippen LogP contribution in [-0.2, 0) is 4.74 Å². The summed E-state index contributed by atoms with van der Waals surface area (Å²) in [5.41, 5.74) is 0.304. The van der Waals surface area contributed by atoms with Gasteiger partial charge in [-0.05, 0) is 25.7 Å². The van der Waals surface area contributed by atoms with Crippen molar-refractivity contribution in [2.24, 2.45) is 5.92 Å². The molecule has 0 unspecified atom stereocenters. The molecular weight excluding hydrogens is 180 g/mol. The Bertz CT molecular complexity index is 137. The lowest BCUT2D eigenvalue weighted by Gasteiger charge is -2.07. The molecular formula is C7H11BrO. The van der Waals surface area contributed by atoms with Crippen LogP contribution < -0.4 is 0 Å². The van der Waals surface area contributed by atoms with Gasteiger partial charge in [0.1, 0.15) is 0 Å². The van der Waals surface area contributed by atoms with Gasteiger partial charge in [0, 0.05) is 5.33 Å². The molecule has 1 saturated carbocycles. The first-order valence-electron chi connectivity index (χ1n) is 3.48. The summed E-state index contributed by atoms with van der Waals surface area (Å²) < 4.78 is 5.45. The summed E-state index contributed by atoms with van der Waals surface area (Å²) in [7, 11) is 0. The van der Waals surface area contributed by atoms with Crippen molar-refractivity contribution in [2.45, 2.75) is 31.5 Å². The van der Waals surface area contributed by atoms with Crippen LogP contribution in [0.2, 0.25) is 0 Å². The third-order valence-corrected chi connectivity index (χ3v) is 3.41. The van der Waals surface area contributed by atoms with Crippen LogP contribution in [0.25, 0.3) is 0 Å². The van der Waals surface area contributed by atoms with Crippen molar-refractivity contribution >= 4 is 15.9 Å². The molecule has 0 aromatic heterocycles. The van der Waals surface area contributed by atoms with E-state index in [0.29, 0.717) is 11.7 Å². The van der Waals surface area contributed by atoms with Crippen LogP contribution in [0.4, 0.5) is 0 Å². The van der Waals surface area contributed by atoms with Crippen LogP contribution in [0, 0.1) is 5.92 Å². The maximum Gasteiger partial charge on any atom is 0.0923 e. The standard InChI is InChI=1S/C7H11BrO/c1-7-3-5(4-8)2-6(7)9-7/h5-6H,2-4H2,1H3/t5-,6+,7-/m1/s1. The van der Waals surface area contributed by atoms with Crippen LogP contribution in [0.5, 0.6) is 0 Å². The number of fused-ring (bicyclic) bond motifs is 1. The Hall–Kier alpha value is 0.440. The number of rotatable bonds is 1. The lowest BCUT2D eigenvalue weighted by Crippen LogP contribution is -2.05. The first-order valence-corrected chi connectivity index (χ1v) is 4.60. The fourth-order valence-corrected chi connectivity index (χ4v) is 2.34. The second kappa shape index (κ2) is 1.73. The van der Waals surface area contributed by atoms with Gasteiger partial charge in [-0.25, -0.2) is 0 Å². The minimum atomic E-state index is 0.304. The maximum atomic E-state index is 5.45. The van der Waals surface area contributed by atoms with Crippen molar-refractivity contribution in [3.05, 3.63) is 0 Å². The highest BCUT2D eigenvalue weighted by Crippen LogP contribution is 2.52. The maximum absolute atomic E-state index is 5.45. The predicted octanol–water partition coefficient (Wildman–Crippen LogP) is 1.95. The smallest absolute Gasteiger partial charge is 0.0923 e. The van der Waals surface area contributed by atoms with E-state index in [4.69, 9.17) is 4.74 Å². The summed E-state index contributed by atoms with van der Waals surface area (Å²) in [5, 5.41) is 1.16. The van der Waals surface area contributed by atoms with E-state index in [1.54, 1.807) is 0 Å². The van der Waals surface area contributed by atoms with Gasteiger partial charge in [-0.3, -0.25) is 0 Å². The minimum absolute atomic E-state index is 0.304. The second-order valence-electron chi connectivity index (χ2n) is 3.38. The summed E-state index contributed by atoms with van der Waals surface area (Å²) in [6.07, 6.45) is 3.16. The molecule has 1 aliphatic heterocycles. The average molecular weight is 191 g/mol. The fourth-order valence-electron chi connectivity index (χ4n) is 1.84. The summed E-state index contributed by atoms with van der Waals surface area (Å²) in [5.74, 6) is 0.883. The zero-order valence-corrected chi connectivity index (χ0v) is 7.15. The number of epoxide rings is 1. The molecule has 3 atom stereocenters. The first-order chi connectivity index (χ1) is 4.24. The van der Waals surface area contributed by atoms with E-state index in [2.05, 4.69) is 22.9 Å². The topological polar surface area (TPSA) is 12.5 Å². The average Bonchev–Trinajstić information content (AvgIpc) is 2.33. The van der Waals surface area contributed by atoms with Crippen molar-refractivity contribution in [2.75, 3.05) is 5.33 Å². The number of ether oxygens (including phenoxy) is 1. The van der Waals surface area contributed by atoms with Gasteiger partial charge in [0.15, 0.2) is 0 Å². The van der Waals surface area contributed by atoms with Gasteiger partial charge in [0.2, 0.25) is 0 Å². The first kappa shape index (κ1) is 6.17. The minimum Gasteiger partial charge on any atom is -0.366 e. The number of alkyl halides is 1. The summed E-state index contributed by atoms with van der Waals surface area (Å²) in [6, 6.07) is 0. The zero-order valence-electron chi connectivity index (χ0n) is 5.56. The predicted molar refractivity (Wildman–Crippen MR) is 39.8 cm³/mol. The van der Waals surface area contributed by atoms with E-state index < -0.39 is 0 Å². The Morgan fingerprint density at radius 2 is 2.56 bits per heavy atom. The Kier molecular flexibility index (Phi) is 1.18. The molecule has 0 N–H and O–H groups in total. The summed E-state index contributed by atoms with van der Waals surface area (Å²) >= 11 is 3.49. The van der Waals surface area contributed by atoms with Gasteiger partial charge >= 0.3 is 0 Å². The van der Waals surface area contributed by atoms with Gasteiger partial charge in [-0.1, -0.05) is 15.9 Å². The van der Waals surface area contributed by atoms with E-state index in [0.717, 1.165) is 11.2 Å². The molecule has 2 fully saturated rings. The van der Waals surface area contributed by atoms with Gasteiger partial charge < -0.3 is 4.74 Å². The SMILES string of the molecule is C[C@@]12C[C@H](CBr)C[C@@H]1O2. The van der Waals surface area contributed by atoms with Crippen LogP contribution in [0.1, 0.15) is 19.8 Å². The summed E-state index contributed by atoms with van der Waals surface area (Å²) in [6.45, 7) is 2.22. The third-order valence-electron chi connectivity index (χ3n) is 2.49. The molecule has 0 radical (unpaired) electrons. The van der Waals surface area contributed by atoms with E-state index in [1.807, 2.05) is 0 Å². The molecule has 52 valence electrons. The number of hydrogen-bond acceptors (Lipinski definition) is 1. The lowest BCUT2D eigenvalue weighted by molar-refractivity contribution is 0.234. The van der Waals surface area contributed by atoms with Gasteiger partial charge in [-0.15, -0.1) is 0 Å². The molecule has 0 amide bonds. The van der Waals surface area contributed by atoms with Crippen LogP contribution in [-0.4, -0.2) is 17.0 Å². The molecule has 0 aromatic rings. The van der Waals surface area contributed by atoms with Crippen LogP contribution in [0.15, 0.2) is 0 Å². The van der Waals surface area contributed by atoms with Gasteiger partial charge in [0.25, 0.3) is 0 Å². The quantitative estimate of drug-likeness (QED) is 0.455. The molecule has 2 rings (SSSR count). The molecule has 9 heavy (non-hydrogen) atoms.